The zero-order valence-corrected chi connectivity index (χ0v) is 9.47. The number of nitrogens with zero attached hydrogens (tertiary/aromatic N) is 2. The molecule has 0 aliphatic rings. The second-order valence-corrected chi connectivity index (χ2v) is 3.78. The SMILES string of the molecule is CN(C)C=Nc1ccc(Cl)c(C(F)(F)F)c1. The van der Waals surface area contributed by atoms with Crippen LogP contribution in [0.4, 0.5) is 18.9 Å². The maximum absolute atomic E-state index is 12.5. The Bertz CT molecular complexity index is 400. The highest BCUT2D eigenvalue weighted by molar-refractivity contribution is 6.31. The van der Waals surface area contributed by atoms with E-state index >= 15 is 0 Å². The molecule has 0 saturated heterocycles. The molecule has 0 bridgehead atoms. The van der Waals surface area contributed by atoms with Crippen LogP contribution in [0.25, 0.3) is 0 Å². The lowest BCUT2D eigenvalue weighted by Crippen LogP contribution is -2.07. The van der Waals surface area contributed by atoms with Crippen molar-refractivity contribution in [1.29, 1.82) is 0 Å². The monoisotopic (exact) mass is 250 g/mol. The Balaban J connectivity index is 3.08. The predicted molar refractivity (Wildman–Crippen MR) is 58.3 cm³/mol. The van der Waals surface area contributed by atoms with Crippen LogP contribution in [-0.2, 0) is 6.18 Å². The molecule has 0 aromatic heterocycles. The van der Waals surface area contributed by atoms with E-state index in [1.54, 1.807) is 19.0 Å². The Morgan fingerprint density at radius 2 is 1.94 bits per heavy atom. The molecular formula is C10H10ClF3N2. The third kappa shape index (κ3) is 3.41. The second-order valence-electron chi connectivity index (χ2n) is 3.37. The number of hydrogen-bond donors (Lipinski definition) is 0. The summed E-state index contributed by atoms with van der Waals surface area (Å²) in [5.41, 5.74) is -0.659. The molecule has 0 amide bonds. The first-order chi connectivity index (χ1) is 7.30. The third-order valence-electron chi connectivity index (χ3n) is 1.69. The van der Waals surface area contributed by atoms with Gasteiger partial charge in [-0.25, -0.2) is 4.99 Å². The Labute approximate surface area is 96.3 Å². The van der Waals surface area contributed by atoms with Gasteiger partial charge in [-0.2, -0.15) is 13.2 Å². The number of alkyl halides is 3. The van der Waals surface area contributed by atoms with E-state index in [1.807, 2.05) is 0 Å². The van der Waals surface area contributed by atoms with Gasteiger partial charge in [-0.05, 0) is 18.2 Å². The topological polar surface area (TPSA) is 15.6 Å². The molecule has 0 saturated carbocycles. The summed E-state index contributed by atoms with van der Waals surface area (Å²) < 4.78 is 37.4. The molecule has 0 heterocycles. The standard InChI is InChI=1S/C10H10ClF3N2/c1-16(2)6-15-7-3-4-9(11)8(5-7)10(12,13)14/h3-6H,1-2H3. The van der Waals surface area contributed by atoms with Crippen molar-refractivity contribution in [3.05, 3.63) is 28.8 Å². The van der Waals surface area contributed by atoms with Crippen LogP contribution in [0.1, 0.15) is 5.56 Å². The normalized spacial score (nSPS) is 12.1. The van der Waals surface area contributed by atoms with Gasteiger partial charge in [-0.15, -0.1) is 0 Å². The molecule has 1 rings (SSSR count). The summed E-state index contributed by atoms with van der Waals surface area (Å²) in [6, 6.07) is 3.53. The largest absolute Gasteiger partial charge is 0.417 e. The molecule has 0 radical (unpaired) electrons. The van der Waals surface area contributed by atoms with Crippen LogP contribution in [0.2, 0.25) is 5.02 Å². The summed E-state index contributed by atoms with van der Waals surface area (Å²) in [6.07, 6.45) is -3.04. The summed E-state index contributed by atoms with van der Waals surface area (Å²) >= 11 is 5.46. The molecule has 0 spiro atoms. The van der Waals surface area contributed by atoms with Gasteiger partial charge in [0.25, 0.3) is 0 Å². The van der Waals surface area contributed by atoms with E-state index in [9.17, 15) is 13.2 Å². The lowest BCUT2D eigenvalue weighted by molar-refractivity contribution is -0.137. The average Bonchev–Trinajstić information content (AvgIpc) is 2.14. The van der Waals surface area contributed by atoms with Crippen molar-refractivity contribution in [3.8, 4) is 0 Å². The summed E-state index contributed by atoms with van der Waals surface area (Å²) in [5.74, 6) is 0. The van der Waals surface area contributed by atoms with E-state index in [1.165, 1.54) is 18.5 Å². The van der Waals surface area contributed by atoms with Crippen LogP contribution in [0.5, 0.6) is 0 Å². The van der Waals surface area contributed by atoms with Crippen LogP contribution in [-0.4, -0.2) is 25.3 Å². The molecule has 16 heavy (non-hydrogen) atoms. The minimum absolute atomic E-state index is 0.213. The van der Waals surface area contributed by atoms with E-state index in [2.05, 4.69) is 4.99 Å². The summed E-state index contributed by atoms with van der Waals surface area (Å²) in [4.78, 5) is 5.49. The van der Waals surface area contributed by atoms with Crippen molar-refractivity contribution < 1.29 is 13.2 Å². The van der Waals surface area contributed by atoms with E-state index in [0.717, 1.165) is 6.07 Å². The molecule has 0 N–H and O–H groups in total. The minimum atomic E-state index is -4.46. The number of aliphatic imine (C=N–C) groups is 1. The molecule has 6 heteroatoms. The van der Waals surface area contributed by atoms with E-state index in [0.29, 0.717) is 0 Å². The maximum atomic E-state index is 12.5. The fourth-order valence-corrected chi connectivity index (χ4v) is 1.22. The van der Waals surface area contributed by atoms with Crippen LogP contribution in [0, 0.1) is 0 Å². The number of benzene rings is 1. The molecule has 0 aliphatic heterocycles. The van der Waals surface area contributed by atoms with E-state index < -0.39 is 11.7 Å². The zero-order valence-electron chi connectivity index (χ0n) is 8.72. The first kappa shape index (κ1) is 12.8. The van der Waals surface area contributed by atoms with Crippen molar-refractivity contribution >= 4 is 23.6 Å². The predicted octanol–water partition coefficient (Wildman–Crippen LogP) is 3.58. The van der Waals surface area contributed by atoms with Crippen molar-refractivity contribution in [2.75, 3.05) is 14.1 Å². The van der Waals surface area contributed by atoms with Gasteiger partial charge in [0.15, 0.2) is 0 Å². The van der Waals surface area contributed by atoms with E-state index in [4.69, 9.17) is 11.6 Å². The summed E-state index contributed by atoms with van der Waals surface area (Å²) in [7, 11) is 3.45. The van der Waals surface area contributed by atoms with Gasteiger partial charge in [-0.3, -0.25) is 0 Å². The fraction of sp³-hybridized carbons (Fsp3) is 0.300. The summed E-state index contributed by atoms with van der Waals surface area (Å²) in [6.45, 7) is 0. The molecule has 0 aliphatic carbocycles. The molecule has 0 unspecified atom stereocenters. The Morgan fingerprint density at radius 3 is 2.44 bits per heavy atom. The Morgan fingerprint density at radius 1 is 1.31 bits per heavy atom. The summed E-state index contributed by atoms with van der Waals surface area (Å²) in [5, 5.41) is -0.323. The number of hydrogen-bond acceptors (Lipinski definition) is 1. The van der Waals surface area contributed by atoms with Gasteiger partial charge in [0.1, 0.15) is 0 Å². The van der Waals surface area contributed by atoms with Crippen LogP contribution < -0.4 is 0 Å². The first-order valence-electron chi connectivity index (χ1n) is 4.38. The number of halogens is 4. The fourth-order valence-electron chi connectivity index (χ4n) is 0.993. The Kier molecular flexibility index (Phi) is 3.80. The highest BCUT2D eigenvalue weighted by atomic mass is 35.5. The minimum Gasteiger partial charge on any atom is -0.369 e. The molecule has 88 valence electrons. The molecule has 1 aromatic rings. The van der Waals surface area contributed by atoms with Gasteiger partial charge < -0.3 is 4.90 Å². The highest BCUT2D eigenvalue weighted by Crippen LogP contribution is 2.36. The lowest BCUT2D eigenvalue weighted by atomic mass is 10.2. The highest BCUT2D eigenvalue weighted by Gasteiger charge is 2.33. The molecule has 0 atom stereocenters. The van der Waals surface area contributed by atoms with Gasteiger partial charge in [0.2, 0.25) is 0 Å². The maximum Gasteiger partial charge on any atom is 0.417 e. The third-order valence-corrected chi connectivity index (χ3v) is 2.02. The van der Waals surface area contributed by atoms with Crippen LogP contribution in [0.15, 0.2) is 23.2 Å². The van der Waals surface area contributed by atoms with Crippen molar-refractivity contribution in [3.63, 3.8) is 0 Å². The van der Waals surface area contributed by atoms with Crippen molar-refractivity contribution in [2.24, 2.45) is 4.99 Å². The second kappa shape index (κ2) is 4.74. The van der Waals surface area contributed by atoms with Crippen molar-refractivity contribution in [2.45, 2.75) is 6.18 Å². The lowest BCUT2D eigenvalue weighted by Gasteiger charge is -2.09. The molecule has 2 nitrogen and oxygen atoms in total. The zero-order chi connectivity index (χ0) is 12.3. The van der Waals surface area contributed by atoms with Gasteiger partial charge >= 0.3 is 6.18 Å². The van der Waals surface area contributed by atoms with Crippen LogP contribution in [0.3, 0.4) is 0 Å². The van der Waals surface area contributed by atoms with E-state index in [-0.39, 0.29) is 10.7 Å². The van der Waals surface area contributed by atoms with Gasteiger partial charge in [0.05, 0.1) is 22.6 Å². The first-order valence-corrected chi connectivity index (χ1v) is 4.76. The van der Waals surface area contributed by atoms with Gasteiger partial charge in [0, 0.05) is 14.1 Å². The van der Waals surface area contributed by atoms with Gasteiger partial charge in [-0.1, -0.05) is 11.6 Å². The Hall–Kier alpha value is -1.23. The molecular weight excluding hydrogens is 241 g/mol. The number of rotatable bonds is 2. The molecule has 1 aromatic carbocycles. The smallest absolute Gasteiger partial charge is 0.369 e. The average molecular weight is 251 g/mol. The molecule has 0 fully saturated rings. The quantitative estimate of drug-likeness (QED) is 0.579. The van der Waals surface area contributed by atoms with Crippen molar-refractivity contribution in [1.82, 2.24) is 4.90 Å². The van der Waals surface area contributed by atoms with Crippen LogP contribution >= 0.6 is 11.6 Å².